The van der Waals surface area contributed by atoms with Crippen molar-refractivity contribution in [3.63, 3.8) is 0 Å². The largest absolute Gasteiger partial charge is 0.480 e. The van der Waals surface area contributed by atoms with E-state index in [4.69, 9.17) is 22.9 Å². The number of carbonyl (C=O) groups excluding carboxylic acids is 10. The molecular formula is C63H87N17O14S2Se. The first-order chi connectivity index (χ1) is 46.3. The number of guanidine groups is 1. The molecule has 10 amide bonds. The second-order valence-corrected chi connectivity index (χ2v) is 28.2. The first kappa shape index (κ1) is 77.2. The number of unbranched alkanes of at least 4 members (excludes halogenated alkanes) is 1. The van der Waals surface area contributed by atoms with E-state index in [9.17, 15) is 67.7 Å². The van der Waals surface area contributed by atoms with Crippen LogP contribution in [0.25, 0.3) is 26.2 Å². The SMILES string of the molecule is CC(C)C[C@H](NC(=O)[C@@H]1CSSC[C@H](NC(=O)CNC(=O)CNC(=O)CCc2ccc(-n3[se]c4ccccc4c3=O)cc2)C(=O)N[C@@H](CCN)C(=O)N[C@@H](CCCN=C(N)N)C(=O)N[C@@H](Cc2c[nH]c3ccccc23)C(=O)N[C@@H]([C@@H](C)O)C(=O)N[C@@H](CCCCN)C(=O)N1)C(=O)O. The maximum atomic E-state index is 14.7. The number of hydrogen-bond donors (Lipinski definition) is 17. The van der Waals surface area contributed by atoms with Crippen LogP contribution in [0, 0.1) is 5.92 Å². The predicted molar refractivity (Wildman–Crippen MR) is 368 cm³/mol. The Kier molecular flexibility index (Phi) is 30.9. The van der Waals surface area contributed by atoms with Crippen LogP contribution in [0.1, 0.15) is 83.3 Å². The number of para-hydroxylation sites is 1. The molecule has 0 aliphatic carbocycles. The van der Waals surface area contributed by atoms with Crippen molar-refractivity contribution in [3.05, 3.63) is 100 Å². The number of aryl methyl sites for hydroxylation is 1. The van der Waals surface area contributed by atoms with E-state index < -0.39 is 133 Å². The van der Waals surface area contributed by atoms with Gasteiger partial charge in [-0.2, -0.15) is 0 Å². The van der Waals surface area contributed by atoms with E-state index in [0.717, 1.165) is 37.1 Å². The Labute approximate surface area is 573 Å². The number of aliphatic hydroxyl groups is 1. The smallest absolute Gasteiger partial charge is 0.326 e. The number of aliphatic imine (C=N–C) groups is 1. The van der Waals surface area contributed by atoms with Gasteiger partial charge in [0.05, 0.1) is 12.6 Å². The van der Waals surface area contributed by atoms with Crippen molar-refractivity contribution in [1.82, 2.24) is 61.7 Å². The molecule has 1 fully saturated rings. The number of aromatic nitrogens is 2. The summed E-state index contributed by atoms with van der Waals surface area (Å²) in [5.41, 5.74) is 25.6. The normalized spacial score (nSPS) is 20.2. The molecule has 6 rings (SSSR count). The van der Waals surface area contributed by atoms with Crippen LogP contribution in [-0.4, -0.2) is 203 Å². The van der Waals surface area contributed by atoms with E-state index in [1.807, 2.05) is 42.5 Å². The van der Waals surface area contributed by atoms with Gasteiger partial charge in [0.25, 0.3) is 0 Å². The molecule has 0 unspecified atom stereocenters. The zero-order valence-corrected chi connectivity index (χ0v) is 57.4. The summed E-state index contributed by atoms with van der Waals surface area (Å²) in [5.74, 6) is -11.4. The predicted octanol–water partition coefficient (Wildman–Crippen LogP) is -2.75. The molecule has 3 heterocycles. The van der Waals surface area contributed by atoms with Gasteiger partial charge in [0.2, 0.25) is 47.3 Å². The van der Waals surface area contributed by atoms with E-state index in [2.05, 4.69) is 63.1 Å². The second kappa shape index (κ2) is 38.8. The topological polar surface area (TPSA) is 503 Å². The number of H-pyrrole nitrogens is 1. The Morgan fingerprint density at radius 3 is 1.93 bits per heavy atom. The minimum Gasteiger partial charge on any atom is -0.480 e. The van der Waals surface area contributed by atoms with E-state index in [1.54, 1.807) is 53.9 Å². The van der Waals surface area contributed by atoms with E-state index in [1.165, 1.54) is 6.92 Å². The number of rotatable bonds is 27. The number of carboxylic acid groups (broad SMARTS) is 1. The molecule has 526 valence electrons. The summed E-state index contributed by atoms with van der Waals surface area (Å²) in [6.07, 6.45) is 0.274. The van der Waals surface area contributed by atoms with Crippen LogP contribution in [0.15, 0.2) is 88.8 Å². The summed E-state index contributed by atoms with van der Waals surface area (Å²) >= 11 is -0.224. The molecule has 97 heavy (non-hydrogen) atoms. The number of nitrogens with one attached hydrogen (secondary N) is 11. The monoisotopic (exact) mass is 1450 g/mol. The molecular weight excluding hydrogens is 1360 g/mol. The van der Waals surface area contributed by atoms with Gasteiger partial charge in [0.1, 0.15) is 48.3 Å². The van der Waals surface area contributed by atoms with E-state index in [-0.39, 0.29) is 115 Å². The van der Waals surface area contributed by atoms with Gasteiger partial charge in [-0.3, -0.25) is 43.3 Å². The number of hydrogen-bond acceptors (Lipinski definition) is 18. The van der Waals surface area contributed by atoms with Crippen molar-refractivity contribution in [2.24, 2.45) is 33.8 Å². The zero-order chi connectivity index (χ0) is 70.7. The number of aromatic amines is 1. The van der Waals surface area contributed by atoms with Gasteiger partial charge in [0.15, 0.2) is 5.96 Å². The Morgan fingerprint density at radius 2 is 1.27 bits per heavy atom. The summed E-state index contributed by atoms with van der Waals surface area (Å²) in [5, 5.41) is 48.2. The third-order valence-corrected chi connectivity index (χ3v) is 20.2. The molecule has 3 aromatic carbocycles. The Bertz CT molecular complexity index is 3660. The molecule has 34 heteroatoms. The number of fused-ring (bicyclic) bond motifs is 2. The van der Waals surface area contributed by atoms with Gasteiger partial charge in [0, 0.05) is 41.6 Å². The number of benzene rings is 3. The fraction of sp³-hybridized carbons (Fsp3) is 0.476. The number of carboxylic acids is 1. The first-order valence-electron chi connectivity index (χ1n) is 31.7. The summed E-state index contributed by atoms with van der Waals surface area (Å²) in [6.45, 7) is 3.42. The van der Waals surface area contributed by atoms with Crippen molar-refractivity contribution in [2.45, 2.75) is 139 Å². The number of aliphatic carboxylic acids is 1. The van der Waals surface area contributed by atoms with Gasteiger partial charge in [-0.25, -0.2) is 4.79 Å². The van der Waals surface area contributed by atoms with E-state index in [0.29, 0.717) is 34.7 Å². The van der Waals surface area contributed by atoms with Crippen molar-refractivity contribution >= 4 is 128 Å². The minimum absolute atomic E-state index is 0.00229. The van der Waals surface area contributed by atoms with Crippen LogP contribution in [0.4, 0.5) is 0 Å². The van der Waals surface area contributed by atoms with E-state index >= 15 is 0 Å². The Hall–Kier alpha value is -8.79. The number of carbonyl (C=O) groups is 11. The third kappa shape index (κ3) is 24.4. The fourth-order valence-electron chi connectivity index (χ4n) is 10.2. The van der Waals surface area contributed by atoms with Gasteiger partial charge in [-0.05, 0) is 82.5 Å². The number of nitrogens with zero attached hydrogens (tertiary/aromatic N) is 2. The zero-order valence-electron chi connectivity index (χ0n) is 54.0. The summed E-state index contributed by atoms with van der Waals surface area (Å²) in [7, 11) is 1.80. The van der Waals surface area contributed by atoms with Crippen LogP contribution in [0.3, 0.4) is 0 Å². The van der Waals surface area contributed by atoms with Gasteiger partial charge < -0.3 is 80.7 Å². The molecule has 21 N–H and O–H groups in total. The molecule has 0 radical (unpaired) electrons. The van der Waals surface area contributed by atoms with Crippen LogP contribution in [0.2, 0.25) is 0 Å². The molecule has 1 saturated heterocycles. The van der Waals surface area contributed by atoms with Crippen molar-refractivity contribution < 1.29 is 63.0 Å². The van der Waals surface area contributed by atoms with Crippen LogP contribution < -0.4 is 81.7 Å². The number of amides is 10. The number of nitrogens with two attached hydrogens (primary N) is 4. The summed E-state index contributed by atoms with van der Waals surface area (Å²) in [6, 6.07) is 9.47. The maximum Gasteiger partial charge on any atom is 0.326 e. The summed E-state index contributed by atoms with van der Waals surface area (Å²) in [4.78, 5) is 174. The van der Waals surface area contributed by atoms with Crippen LogP contribution in [0.5, 0.6) is 0 Å². The molecule has 2 aromatic heterocycles. The minimum atomic E-state index is -1.78. The molecule has 9 atom stereocenters. The molecule has 31 nitrogen and oxygen atoms in total. The van der Waals surface area contributed by atoms with Crippen molar-refractivity contribution in [2.75, 3.05) is 44.2 Å². The molecule has 1 aliphatic heterocycles. The van der Waals surface area contributed by atoms with Gasteiger partial charge in [-0.1, -0.05) is 53.6 Å². The Morgan fingerprint density at radius 1 is 0.670 bits per heavy atom. The third-order valence-electron chi connectivity index (χ3n) is 15.4. The summed E-state index contributed by atoms with van der Waals surface area (Å²) < 4.78 is 2.71. The molecule has 0 spiro atoms. The average molecular weight is 1450 g/mol. The van der Waals surface area contributed by atoms with Gasteiger partial charge in [-0.15, -0.1) is 0 Å². The van der Waals surface area contributed by atoms with Crippen molar-refractivity contribution in [3.8, 4) is 5.69 Å². The maximum absolute atomic E-state index is 14.7. The van der Waals surface area contributed by atoms with Crippen LogP contribution in [-0.2, 0) is 65.6 Å². The standard InChI is InChI=1S/C63H87N17O14S2Se/c1-34(2)27-46(62(93)94)77-59(90)48-33-96-95-32-47(72-52(84)31-71-51(83)30-70-50(82)22-19-36-17-20-38(21-18-36)80-61(92)40-12-5-7-16-49(40)97-80)58(89)74-44(23-25-65)56(87)73-43(15-10-26-68-63(66)67)54(85)76-45(28-37-29-69-41-13-6-4-11-39(37)41)57(88)79-53(35(3)81)60(91)75-42(55(86)78-48)14-8-9-24-64/h4-7,11-13,16-18,20-21,29,34-35,42-48,53,69,81H,8-10,14-15,19,22-28,30-33,64-65H2,1-3H3,(H,70,82)(H,71,83)(H,72,84)(H,73,87)(H,74,89)(H,75,91)(H,76,85)(H,77,90)(H,78,86)(H,79,88)(H,93,94)(H4,66,67,68)/t35-,42+,43+,44+,45+,46+,47+,48+,53+/m1/s1. The average Bonchev–Trinajstić information content (AvgIpc) is 1.66. The molecule has 5 aromatic rings. The quantitative estimate of drug-likeness (QED) is 0.00833. The first-order valence-corrected chi connectivity index (χ1v) is 35.8. The fourth-order valence-corrected chi connectivity index (χ4v) is 14.6. The van der Waals surface area contributed by atoms with Crippen molar-refractivity contribution in [1.29, 1.82) is 0 Å². The van der Waals surface area contributed by atoms with Crippen LogP contribution >= 0.6 is 21.6 Å². The second-order valence-electron chi connectivity index (χ2n) is 23.5. The molecule has 0 bridgehead atoms. The molecule has 1 aliphatic rings. The van der Waals surface area contributed by atoms with Gasteiger partial charge >= 0.3 is 155 Å². The molecule has 0 saturated carbocycles. The number of aliphatic hydroxyl groups excluding tert-OH is 1. The Balaban J connectivity index is 1.26.